The van der Waals surface area contributed by atoms with Crippen molar-refractivity contribution < 1.29 is 9.59 Å². The number of carbonyl (C=O) groups excluding carboxylic acids is 2. The standard InChI is InChI=1S/C26H30N4O2S2/c1-17(2)29-23(31)21(19-11-7-5-8-12-19)27(25(29)33)15-16-28-22(20-13-9-6-10-14-20)24(32)30(18(3)4)26(28)34/h5-14,17-18,21-22H,15-16H2,1-4H3. The van der Waals surface area contributed by atoms with Crippen LogP contribution in [0.4, 0.5) is 0 Å². The Morgan fingerprint density at radius 2 is 0.971 bits per heavy atom. The second kappa shape index (κ2) is 9.80. The summed E-state index contributed by atoms with van der Waals surface area (Å²) in [4.78, 5) is 34.1. The minimum Gasteiger partial charge on any atom is -0.331 e. The predicted octanol–water partition coefficient (Wildman–Crippen LogP) is 4.14. The van der Waals surface area contributed by atoms with Crippen LogP contribution in [-0.4, -0.2) is 66.8 Å². The lowest BCUT2D eigenvalue weighted by molar-refractivity contribution is -0.130. The maximum Gasteiger partial charge on any atom is 0.256 e. The van der Waals surface area contributed by atoms with Gasteiger partial charge in [-0.2, -0.15) is 0 Å². The maximum absolute atomic E-state index is 13.4. The lowest BCUT2D eigenvalue weighted by atomic mass is 10.0. The van der Waals surface area contributed by atoms with Gasteiger partial charge in [-0.1, -0.05) is 60.7 Å². The lowest BCUT2D eigenvalue weighted by Gasteiger charge is -2.30. The zero-order valence-corrected chi connectivity index (χ0v) is 21.6. The molecule has 2 saturated heterocycles. The Morgan fingerprint density at radius 3 is 1.26 bits per heavy atom. The van der Waals surface area contributed by atoms with Gasteiger partial charge in [0.2, 0.25) is 0 Å². The molecule has 2 unspecified atom stereocenters. The first-order valence-electron chi connectivity index (χ1n) is 11.6. The van der Waals surface area contributed by atoms with Crippen LogP contribution in [0.3, 0.4) is 0 Å². The Balaban J connectivity index is 1.65. The summed E-state index contributed by atoms with van der Waals surface area (Å²) >= 11 is 11.5. The van der Waals surface area contributed by atoms with E-state index in [1.165, 1.54) is 0 Å². The minimum atomic E-state index is -0.487. The fourth-order valence-electron chi connectivity index (χ4n) is 4.75. The van der Waals surface area contributed by atoms with E-state index in [1.54, 1.807) is 9.80 Å². The van der Waals surface area contributed by atoms with Gasteiger partial charge in [0.25, 0.3) is 11.8 Å². The molecule has 0 bridgehead atoms. The molecule has 2 heterocycles. The van der Waals surface area contributed by atoms with Crippen molar-refractivity contribution in [1.29, 1.82) is 0 Å². The maximum atomic E-state index is 13.4. The molecule has 0 saturated carbocycles. The van der Waals surface area contributed by atoms with Crippen molar-refractivity contribution in [2.45, 2.75) is 51.9 Å². The van der Waals surface area contributed by atoms with Crippen LogP contribution in [0, 0.1) is 0 Å². The predicted molar refractivity (Wildman–Crippen MR) is 141 cm³/mol. The Kier molecular flexibility index (Phi) is 7.00. The number of benzene rings is 2. The van der Waals surface area contributed by atoms with Crippen molar-refractivity contribution in [3.8, 4) is 0 Å². The van der Waals surface area contributed by atoms with Crippen LogP contribution < -0.4 is 0 Å². The lowest BCUT2D eigenvalue weighted by Crippen LogP contribution is -2.42. The van der Waals surface area contributed by atoms with E-state index in [4.69, 9.17) is 24.4 Å². The van der Waals surface area contributed by atoms with Gasteiger partial charge in [0.05, 0.1) is 0 Å². The number of rotatable bonds is 7. The molecule has 2 aromatic rings. The zero-order valence-electron chi connectivity index (χ0n) is 19.9. The molecular weight excluding hydrogens is 464 g/mol. The fourth-order valence-corrected chi connectivity index (χ4v) is 5.74. The zero-order chi connectivity index (χ0) is 24.6. The topological polar surface area (TPSA) is 47.1 Å². The van der Waals surface area contributed by atoms with Crippen molar-refractivity contribution in [3.05, 3.63) is 71.8 Å². The number of hydrogen-bond donors (Lipinski definition) is 0. The third-order valence-electron chi connectivity index (χ3n) is 6.31. The molecule has 2 aliphatic heterocycles. The molecule has 0 aromatic heterocycles. The van der Waals surface area contributed by atoms with Crippen LogP contribution in [0.25, 0.3) is 0 Å². The van der Waals surface area contributed by atoms with E-state index < -0.39 is 12.1 Å². The van der Waals surface area contributed by atoms with Crippen LogP contribution in [0.2, 0.25) is 0 Å². The molecule has 2 atom stereocenters. The van der Waals surface area contributed by atoms with Crippen LogP contribution in [0.15, 0.2) is 60.7 Å². The molecule has 0 spiro atoms. The van der Waals surface area contributed by atoms with E-state index in [9.17, 15) is 9.59 Å². The first-order chi connectivity index (χ1) is 16.2. The van der Waals surface area contributed by atoms with E-state index in [0.717, 1.165) is 11.1 Å². The van der Waals surface area contributed by atoms with Gasteiger partial charge in [-0.05, 0) is 63.3 Å². The number of thiocarbonyl (C=S) groups is 2. The SMILES string of the molecule is CC(C)N1C(=O)C(c2ccccc2)N(CCN2C(=S)N(C(C)C)C(=O)C2c2ccccc2)C1=S. The summed E-state index contributed by atoms with van der Waals surface area (Å²) in [6.07, 6.45) is 0. The summed E-state index contributed by atoms with van der Waals surface area (Å²) < 4.78 is 0. The third kappa shape index (κ3) is 4.20. The largest absolute Gasteiger partial charge is 0.331 e. The second-order valence-electron chi connectivity index (χ2n) is 9.18. The quantitative estimate of drug-likeness (QED) is 0.539. The number of amides is 2. The molecule has 8 heteroatoms. The van der Waals surface area contributed by atoms with Crippen molar-refractivity contribution >= 4 is 46.5 Å². The molecule has 178 valence electrons. The summed E-state index contributed by atoms with van der Waals surface area (Å²) in [6, 6.07) is 18.4. The van der Waals surface area contributed by atoms with Crippen LogP contribution in [0.1, 0.15) is 50.9 Å². The molecule has 0 radical (unpaired) electrons. The molecule has 2 fully saturated rings. The van der Waals surface area contributed by atoms with Crippen LogP contribution >= 0.6 is 24.4 Å². The summed E-state index contributed by atoms with van der Waals surface area (Å²) in [5.41, 5.74) is 1.81. The highest BCUT2D eigenvalue weighted by Crippen LogP contribution is 2.35. The summed E-state index contributed by atoms with van der Waals surface area (Å²) in [5, 5.41) is 1.03. The molecule has 2 aliphatic rings. The van der Waals surface area contributed by atoms with Crippen molar-refractivity contribution in [3.63, 3.8) is 0 Å². The molecule has 6 nitrogen and oxygen atoms in total. The highest BCUT2D eigenvalue weighted by molar-refractivity contribution is 7.80. The van der Waals surface area contributed by atoms with Crippen molar-refractivity contribution in [2.24, 2.45) is 0 Å². The summed E-state index contributed by atoms with van der Waals surface area (Å²) in [7, 11) is 0. The van der Waals surface area contributed by atoms with Crippen LogP contribution in [-0.2, 0) is 9.59 Å². The van der Waals surface area contributed by atoms with E-state index >= 15 is 0 Å². The van der Waals surface area contributed by atoms with Crippen molar-refractivity contribution in [2.75, 3.05) is 13.1 Å². The van der Waals surface area contributed by atoms with Gasteiger partial charge in [0.1, 0.15) is 12.1 Å². The Bertz CT molecular complexity index is 1000. The monoisotopic (exact) mass is 494 g/mol. The summed E-state index contributed by atoms with van der Waals surface area (Å²) in [5.74, 6) is -0.0376. The first-order valence-corrected chi connectivity index (χ1v) is 12.4. The Morgan fingerprint density at radius 1 is 0.647 bits per heavy atom. The van der Waals surface area contributed by atoms with E-state index in [2.05, 4.69) is 0 Å². The highest BCUT2D eigenvalue weighted by atomic mass is 32.1. The average molecular weight is 495 g/mol. The van der Waals surface area contributed by atoms with E-state index in [1.807, 2.05) is 98.2 Å². The molecule has 2 aromatic carbocycles. The summed E-state index contributed by atoms with van der Waals surface area (Å²) in [6.45, 7) is 8.81. The molecular formula is C26H30N4O2S2. The van der Waals surface area contributed by atoms with E-state index in [-0.39, 0.29) is 23.9 Å². The smallest absolute Gasteiger partial charge is 0.256 e. The average Bonchev–Trinajstić information content (AvgIpc) is 3.21. The van der Waals surface area contributed by atoms with Gasteiger partial charge < -0.3 is 9.80 Å². The van der Waals surface area contributed by atoms with Gasteiger partial charge in [0.15, 0.2) is 10.2 Å². The molecule has 2 amide bonds. The highest BCUT2D eigenvalue weighted by Gasteiger charge is 2.47. The van der Waals surface area contributed by atoms with Crippen LogP contribution in [0.5, 0.6) is 0 Å². The molecule has 4 rings (SSSR count). The number of nitrogens with zero attached hydrogens (tertiary/aromatic N) is 4. The minimum absolute atomic E-state index is 0.0188. The molecule has 0 aliphatic carbocycles. The first kappa shape index (κ1) is 24.3. The van der Waals surface area contributed by atoms with Gasteiger partial charge in [-0.25, -0.2) is 0 Å². The number of carbonyl (C=O) groups is 2. The van der Waals surface area contributed by atoms with E-state index in [0.29, 0.717) is 23.3 Å². The fraction of sp³-hybridized carbons (Fsp3) is 0.385. The van der Waals surface area contributed by atoms with Gasteiger partial charge in [-0.15, -0.1) is 0 Å². The Labute approximate surface area is 212 Å². The molecule has 34 heavy (non-hydrogen) atoms. The Hall–Kier alpha value is -2.84. The van der Waals surface area contributed by atoms with Crippen molar-refractivity contribution in [1.82, 2.24) is 19.6 Å². The number of hydrogen-bond acceptors (Lipinski definition) is 4. The van der Waals surface area contributed by atoms with Gasteiger partial charge in [-0.3, -0.25) is 19.4 Å². The van der Waals surface area contributed by atoms with Gasteiger partial charge >= 0.3 is 0 Å². The third-order valence-corrected chi connectivity index (χ3v) is 7.18. The normalized spacial score (nSPS) is 21.1. The van der Waals surface area contributed by atoms with Gasteiger partial charge in [0, 0.05) is 25.2 Å². The molecule has 0 N–H and O–H groups in total. The second-order valence-corrected chi connectivity index (χ2v) is 9.91.